The predicted molar refractivity (Wildman–Crippen MR) is 89.4 cm³/mol. The largest absolute Gasteiger partial charge is 0.444 e. The zero-order valence-electron chi connectivity index (χ0n) is 15.8. The Labute approximate surface area is 139 Å². The van der Waals surface area contributed by atoms with Crippen LogP contribution in [-0.4, -0.2) is 46.4 Å². The number of alkyl carbamates (subject to hydrolysis) is 1. The average molecular weight is 328 g/mol. The van der Waals surface area contributed by atoms with Gasteiger partial charge in [0.2, 0.25) is 0 Å². The second kappa shape index (κ2) is 6.57. The highest BCUT2D eigenvalue weighted by molar-refractivity contribution is 5.70. The fraction of sp³-hybridized carbons (Fsp3) is 0.882. The van der Waals surface area contributed by atoms with Crippen molar-refractivity contribution < 1.29 is 19.1 Å². The summed E-state index contributed by atoms with van der Waals surface area (Å²) in [6.07, 6.45) is 0.621. The Balaban J connectivity index is 2.63. The van der Waals surface area contributed by atoms with Gasteiger partial charge in [0.05, 0.1) is 0 Å². The van der Waals surface area contributed by atoms with Gasteiger partial charge in [-0.05, 0) is 68.2 Å². The molecule has 0 aromatic carbocycles. The van der Waals surface area contributed by atoms with Crippen molar-refractivity contribution in [1.82, 2.24) is 10.2 Å². The van der Waals surface area contributed by atoms with Crippen molar-refractivity contribution in [3.05, 3.63) is 0 Å². The Morgan fingerprint density at radius 2 is 1.57 bits per heavy atom. The van der Waals surface area contributed by atoms with Gasteiger partial charge < -0.3 is 19.7 Å². The van der Waals surface area contributed by atoms with Crippen LogP contribution in [0, 0.1) is 0 Å². The Kier molecular flexibility index (Phi) is 5.60. The van der Waals surface area contributed by atoms with Crippen LogP contribution < -0.4 is 5.32 Å². The van der Waals surface area contributed by atoms with E-state index < -0.39 is 17.3 Å². The van der Waals surface area contributed by atoms with Gasteiger partial charge >= 0.3 is 12.2 Å². The van der Waals surface area contributed by atoms with Gasteiger partial charge in [-0.15, -0.1) is 0 Å². The number of amides is 2. The molecule has 0 aromatic heterocycles. The Bertz CT molecular complexity index is 446. The molecule has 1 aliphatic heterocycles. The molecule has 2 amide bonds. The van der Waals surface area contributed by atoms with Crippen LogP contribution in [0.3, 0.4) is 0 Å². The molecule has 1 fully saturated rings. The standard InChI is InChI=1S/C17H32N2O4/c1-15(2,3)22-13(20)18-12-9-10-19(17(7,8)11-12)14(21)23-16(4,5)6/h12H,9-11H2,1-8H3,(H,18,20). The summed E-state index contributed by atoms with van der Waals surface area (Å²) in [6, 6.07) is -0.0152. The third kappa shape index (κ3) is 6.67. The first kappa shape index (κ1) is 19.6. The first-order chi connectivity index (χ1) is 10.2. The van der Waals surface area contributed by atoms with Crippen molar-refractivity contribution in [2.24, 2.45) is 0 Å². The molecule has 1 saturated heterocycles. The second-order valence-corrected chi connectivity index (χ2v) is 8.78. The average Bonchev–Trinajstić information content (AvgIpc) is 2.21. The molecule has 1 N–H and O–H groups in total. The van der Waals surface area contributed by atoms with E-state index in [1.807, 2.05) is 55.4 Å². The zero-order valence-corrected chi connectivity index (χ0v) is 15.8. The maximum absolute atomic E-state index is 12.3. The molecule has 0 aromatic rings. The quantitative estimate of drug-likeness (QED) is 0.797. The third-order valence-corrected chi connectivity index (χ3v) is 3.51. The molecule has 1 unspecified atom stereocenters. The van der Waals surface area contributed by atoms with Crippen LogP contribution in [0.2, 0.25) is 0 Å². The van der Waals surface area contributed by atoms with Crippen molar-refractivity contribution in [2.75, 3.05) is 6.54 Å². The van der Waals surface area contributed by atoms with Crippen LogP contribution in [-0.2, 0) is 9.47 Å². The lowest BCUT2D eigenvalue weighted by molar-refractivity contribution is -0.0117. The number of carbonyl (C=O) groups excluding carboxylic acids is 2. The fourth-order valence-corrected chi connectivity index (χ4v) is 2.66. The smallest absolute Gasteiger partial charge is 0.410 e. The minimum atomic E-state index is -0.517. The van der Waals surface area contributed by atoms with Gasteiger partial charge in [-0.2, -0.15) is 0 Å². The van der Waals surface area contributed by atoms with Gasteiger partial charge in [0, 0.05) is 18.1 Å². The zero-order chi connectivity index (χ0) is 18.1. The van der Waals surface area contributed by atoms with Crippen LogP contribution in [0.5, 0.6) is 0 Å². The SMILES string of the molecule is CC(C)(C)OC(=O)NC1CCN(C(=O)OC(C)(C)C)C(C)(C)C1. The van der Waals surface area contributed by atoms with Gasteiger partial charge in [0.25, 0.3) is 0 Å². The molecule has 0 aliphatic carbocycles. The number of piperidine rings is 1. The molecule has 6 nitrogen and oxygen atoms in total. The van der Waals surface area contributed by atoms with Crippen LogP contribution in [0.1, 0.15) is 68.2 Å². The van der Waals surface area contributed by atoms with Gasteiger partial charge in [-0.1, -0.05) is 0 Å². The Morgan fingerprint density at radius 1 is 1.04 bits per heavy atom. The summed E-state index contributed by atoms with van der Waals surface area (Å²) >= 11 is 0. The number of rotatable bonds is 1. The Hall–Kier alpha value is -1.46. The molecule has 0 radical (unpaired) electrons. The predicted octanol–water partition coefficient (Wildman–Crippen LogP) is 3.69. The van der Waals surface area contributed by atoms with E-state index in [0.29, 0.717) is 19.4 Å². The van der Waals surface area contributed by atoms with Crippen molar-refractivity contribution >= 4 is 12.2 Å². The molecule has 1 aliphatic rings. The minimum Gasteiger partial charge on any atom is -0.444 e. The van der Waals surface area contributed by atoms with E-state index >= 15 is 0 Å². The molecule has 1 rings (SSSR count). The third-order valence-electron chi connectivity index (χ3n) is 3.51. The summed E-state index contributed by atoms with van der Waals surface area (Å²) in [5, 5.41) is 2.90. The number of carbonyl (C=O) groups is 2. The normalized spacial score (nSPS) is 21.6. The van der Waals surface area contributed by atoms with E-state index in [4.69, 9.17) is 9.47 Å². The maximum atomic E-state index is 12.3. The van der Waals surface area contributed by atoms with Crippen LogP contribution in [0.15, 0.2) is 0 Å². The maximum Gasteiger partial charge on any atom is 0.410 e. The summed E-state index contributed by atoms with van der Waals surface area (Å²) in [4.78, 5) is 26.0. The van der Waals surface area contributed by atoms with Gasteiger partial charge in [-0.25, -0.2) is 9.59 Å². The van der Waals surface area contributed by atoms with E-state index in [0.717, 1.165) is 0 Å². The van der Waals surface area contributed by atoms with Crippen LogP contribution in [0.4, 0.5) is 9.59 Å². The molecule has 23 heavy (non-hydrogen) atoms. The molecule has 0 saturated carbocycles. The molecule has 1 heterocycles. The van der Waals surface area contributed by atoms with E-state index in [9.17, 15) is 9.59 Å². The van der Waals surface area contributed by atoms with Crippen molar-refractivity contribution in [1.29, 1.82) is 0 Å². The summed E-state index contributed by atoms with van der Waals surface area (Å²) in [5.41, 5.74) is -1.42. The molecule has 0 spiro atoms. The van der Waals surface area contributed by atoms with Crippen LogP contribution >= 0.6 is 0 Å². The minimum absolute atomic E-state index is 0.0152. The van der Waals surface area contributed by atoms with E-state index in [2.05, 4.69) is 5.32 Å². The second-order valence-electron chi connectivity index (χ2n) is 8.78. The molecule has 134 valence electrons. The lowest BCUT2D eigenvalue weighted by Gasteiger charge is -2.45. The van der Waals surface area contributed by atoms with Gasteiger partial charge in [0.15, 0.2) is 0 Å². The lowest BCUT2D eigenvalue weighted by atomic mass is 9.87. The van der Waals surface area contributed by atoms with Crippen molar-refractivity contribution in [3.63, 3.8) is 0 Å². The number of nitrogens with one attached hydrogen (secondary N) is 1. The topological polar surface area (TPSA) is 67.9 Å². The fourth-order valence-electron chi connectivity index (χ4n) is 2.66. The monoisotopic (exact) mass is 328 g/mol. The summed E-state index contributed by atoms with van der Waals surface area (Å²) in [7, 11) is 0. The number of ether oxygens (including phenoxy) is 2. The molecule has 0 bridgehead atoms. The number of hydrogen-bond acceptors (Lipinski definition) is 4. The first-order valence-corrected chi connectivity index (χ1v) is 8.20. The molecular formula is C17H32N2O4. The van der Waals surface area contributed by atoms with E-state index in [-0.39, 0.29) is 17.7 Å². The number of hydrogen-bond donors (Lipinski definition) is 1. The van der Waals surface area contributed by atoms with E-state index in [1.54, 1.807) is 4.90 Å². The first-order valence-electron chi connectivity index (χ1n) is 8.20. The van der Waals surface area contributed by atoms with Crippen molar-refractivity contribution in [2.45, 2.75) is 91.0 Å². The van der Waals surface area contributed by atoms with Gasteiger partial charge in [-0.3, -0.25) is 0 Å². The highest BCUT2D eigenvalue weighted by Crippen LogP contribution is 2.29. The van der Waals surface area contributed by atoms with Gasteiger partial charge in [0.1, 0.15) is 11.2 Å². The van der Waals surface area contributed by atoms with E-state index in [1.165, 1.54) is 0 Å². The Morgan fingerprint density at radius 3 is 2.00 bits per heavy atom. The van der Waals surface area contributed by atoms with Crippen molar-refractivity contribution in [3.8, 4) is 0 Å². The molecule has 1 atom stereocenters. The summed E-state index contributed by atoms with van der Waals surface area (Å²) in [5.74, 6) is 0. The lowest BCUT2D eigenvalue weighted by Crippen LogP contribution is -2.58. The number of nitrogens with zero attached hydrogens (tertiary/aromatic N) is 1. The van der Waals surface area contributed by atoms with Crippen LogP contribution in [0.25, 0.3) is 0 Å². The molecular weight excluding hydrogens is 296 g/mol. The highest BCUT2D eigenvalue weighted by Gasteiger charge is 2.40. The highest BCUT2D eigenvalue weighted by atomic mass is 16.6. The number of likely N-dealkylation sites (tertiary alicyclic amines) is 1. The summed E-state index contributed by atoms with van der Waals surface area (Å²) in [6.45, 7) is 15.6. The summed E-state index contributed by atoms with van der Waals surface area (Å²) < 4.78 is 10.8. The molecule has 6 heteroatoms.